The number of rotatable bonds is 6. The van der Waals surface area contributed by atoms with Gasteiger partial charge in [-0.3, -0.25) is 9.59 Å². The molecule has 2 aromatic heterocycles. The number of para-hydroxylation sites is 1. The van der Waals surface area contributed by atoms with Crippen molar-refractivity contribution in [2.75, 3.05) is 11.1 Å². The molecule has 0 spiro atoms. The van der Waals surface area contributed by atoms with Crippen molar-refractivity contribution in [2.45, 2.75) is 37.9 Å². The highest BCUT2D eigenvalue weighted by atomic mass is 32.2. The van der Waals surface area contributed by atoms with E-state index in [2.05, 4.69) is 15.3 Å². The average molecular weight is 418 g/mol. The Morgan fingerprint density at radius 3 is 2.96 bits per heavy atom. The van der Waals surface area contributed by atoms with Crippen LogP contribution in [0, 0.1) is 5.82 Å². The first-order valence-electron chi connectivity index (χ1n) is 9.27. The third kappa shape index (κ3) is 4.12. The number of nitrogens with zero attached hydrogens (tertiary/aromatic N) is 1. The topological polar surface area (TPSA) is 74.8 Å². The number of benzene rings is 1. The van der Waals surface area contributed by atoms with E-state index in [4.69, 9.17) is 0 Å². The van der Waals surface area contributed by atoms with Crippen LogP contribution >= 0.6 is 23.1 Å². The lowest BCUT2D eigenvalue weighted by molar-refractivity contribution is -0.115. The normalized spacial score (nSPS) is 13.5. The molecule has 1 aromatic carbocycles. The molecule has 2 N–H and O–H groups in total. The van der Waals surface area contributed by atoms with Gasteiger partial charge >= 0.3 is 0 Å². The number of anilines is 1. The quantitative estimate of drug-likeness (QED) is 0.588. The molecule has 8 heteroatoms. The fraction of sp³-hybridized carbons (Fsp3) is 0.350. The first-order valence-corrected chi connectivity index (χ1v) is 11.2. The number of halogens is 1. The molecule has 4 rings (SSSR count). The predicted molar refractivity (Wildman–Crippen MR) is 113 cm³/mol. The van der Waals surface area contributed by atoms with Gasteiger partial charge in [-0.1, -0.05) is 12.1 Å². The summed E-state index contributed by atoms with van der Waals surface area (Å²) in [4.78, 5) is 34.1. The average Bonchev–Trinajstić information content (AvgIpc) is 3.06. The summed E-state index contributed by atoms with van der Waals surface area (Å²) in [6.07, 6.45) is 4.57. The number of thiophene rings is 1. The number of hydrogen-bond acceptors (Lipinski definition) is 5. The van der Waals surface area contributed by atoms with Gasteiger partial charge in [-0.15, -0.1) is 11.3 Å². The Bertz CT molecular complexity index is 1080. The number of hydrogen-bond donors (Lipinski definition) is 2. The molecule has 0 atom stereocenters. The van der Waals surface area contributed by atoms with Crippen LogP contribution in [0.1, 0.15) is 35.5 Å². The minimum absolute atomic E-state index is 0.0581. The lowest BCUT2D eigenvalue weighted by atomic mass is 9.97. The Kier molecular flexibility index (Phi) is 5.77. The lowest BCUT2D eigenvalue weighted by Crippen LogP contribution is -2.14. The van der Waals surface area contributed by atoms with Gasteiger partial charge in [-0.2, -0.15) is 11.8 Å². The summed E-state index contributed by atoms with van der Waals surface area (Å²) < 4.78 is 13.5. The van der Waals surface area contributed by atoms with Crippen molar-refractivity contribution in [1.82, 2.24) is 9.97 Å². The second-order valence-corrected chi connectivity index (χ2v) is 8.92. The van der Waals surface area contributed by atoms with Crippen LogP contribution in [-0.2, 0) is 23.4 Å². The number of thioether (sulfide) groups is 1. The van der Waals surface area contributed by atoms with Crippen molar-refractivity contribution in [2.24, 2.45) is 0 Å². The van der Waals surface area contributed by atoms with Crippen molar-refractivity contribution in [3.63, 3.8) is 0 Å². The van der Waals surface area contributed by atoms with Gasteiger partial charge in [0.2, 0.25) is 5.91 Å². The third-order valence-corrected chi connectivity index (χ3v) is 6.89. The molecule has 0 bridgehead atoms. The van der Waals surface area contributed by atoms with Crippen LogP contribution in [0.3, 0.4) is 0 Å². The molecule has 0 fully saturated rings. The molecular formula is C20H20FN3O2S2. The van der Waals surface area contributed by atoms with Crippen LogP contribution in [0.15, 0.2) is 29.1 Å². The Balaban J connectivity index is 1.34. The molecular weight excluding hydrogens is 397 g/mol. The molecule has 0 saturated heterocycles. The van der Waals surface area contributed by atoms with Crippen molar-refractivity contribution >= 4 is 44.9 Å². The smallest absolute Gasteiger partial charge is 0.259 e. The molecule has 0 radical (unpaired) electrons. The van der Waals surface area contributed by atoms with E-state index in [1.165, 1.54) is 40.8 Å². The fourth-order valence-electron chi connectivity index (χ4n) is 3.39. The van der Waals surface area contributed by atoms with E-state index in [-0.39, 0.29) is 23.6 Å². The molecule has 5 nitrogen and oxygen atoms in total. The van der Waals surface area contributed by atoms with E-state index < -0.39 is 5.82 Å². The van der Waals surface area contributed by atoms with Crippen molar-refractivity contribution in [3.8, 4) is 0 Å². The number of H-pyrrole nitrogens is 1. The summed E-state index contributed by atoms with van der Waals surface area (Å²) in [5, 5.41) is 3.33. The molecule has 1 amide bonds. The Hall–Kier alpha value is -2.19. The molecule has 1 aliphatic rings. The molecule has 0 saturated carbocycles. The number of aromatic nitrogens is 2. The molecule has 3 aromatic rings. The van der Waals surface area contributed by atoms with Gasteiger partial charge in [0.05, 0.1) is 16.8 Å². The van der Waals surface area contributed by atoms with E-state index in [0.29, 0.717) is 17.3 Å². The van der Waals surface area contributed by atoms with Crippen LogP contribution in [0.2, 0.25) is 0 Å². The van der Waals surface area contributed by atoms with Crippen molar-refractivity contribution in [1.29, 1.82) is 0 Å². The van der Waals surface area contributed by atoms with E-state index >= 15 is 0 Å². The molecule has 0 unspecified atom stereocenters. The van der Waals surface area contributed by atoms with Gasteiger partial charge in [0.25, 0.3) is 5.56 Å². The number of amides is 1. The molecule has 2 heterocycles. The zero-order valence-corrected chi connectivity index (χ0v) is 16.9. The zero-order chi connectivity index (χ0) is 19.5. The van der Waals surface area contributed by atoms with Crippen molar-refractivity contribution < 1.29 is 9.18 Å². The number of nitrogens with one attached hydrogen (secondary N) is 2. The summed E-state index contributed by atoms with van der Waals surface area (Å²) >= 11 is 3.15. The number of aromatic amines is 1. The van der Waals surface area contributed by atoms with E-state index in [0.717, 1.165) is 29.5 Å². The highest BCUT2D eigenvalue weighted by molar-refractivity contribution is 7.98. The third-order valence-electron chi connectivity index (χ3n) is 4.73. The van der Waals surface area contributed by atoms with Crippen LogP contribution in [0.4, 0.5) is 10.1 Å². The first kappa shape index (κ1) is 19.1. The largest absolute Gasteiger partial charge is 0.324 e. The standard InChI is InChI=1S/C20H20FN3O2S2/c21-13-6-2-3-7-14(13)22-17(25)9-10-27-11-16-23-19(26)18-12-5-1-4-8-15(12)28-20(18)24-16/h2-3,6-7H,1,4-5,8-11H2,(H,22,25)(H,23,24,26). The van der Waals surface area contributed by atoms with Gasteiger partial charge in [-0.05, 0) is 43.4 Å². The van der Waals surface area contributed by atoms with Crippen LogP contribution in [0.25, 0.3) is 10.2 Å². The molecule has 146 valence electrons. The van der Waals surface area contributed by atoms with Crippen LogP contribution in [0.5, 0.6) is 0 Å². The van der Waals surface area contributed by atoms with Gasteiger partial charge in [-0.25, -0.2) is 9.37 Å². The number of carbonyl (C=O) groups is 1. The maximum Gasteiger partial charge on any atom is 0.259 e. The minimum atomic E-state index is -0.447. The molecule has 0 aliphatic heterocycles. The predicted octanol–water partition coefficient (Wildman–Crippen LogP) is 4.26. The van der Waals surface area contributed by atoms with Crippen LogP contribution in [-0.4, -0.2) is 21.6 Å². The van der Waals surface area contributed by atoms with E-state index in [1.54, 1.807) is 23.5 Å². The SMILES string of the molecule is O=C(CCSCc1nc2sc3c(c2c(=O)[nH]1)CCCC3)Nc1ccccc1F. The van der Waals surface area contributed by atoms with Crippen LogP contribution < -0.4 is 10.9 Å². The van der Waals surface area contributed by atoms with Crippen molar-refractivity contribution in [3.05, 3.63) is 56.7 Å². The summed E-state index contributed by atoms with van der Waals surface area (Å²) in [6, 6.07) is 6.10. The van der Waals surface area contributed by atoms with E-state index in [1.807, 2.05) is 0 Å². The Morgan fingerprint density at radius 2 is 2.11 bits per heavy atom. The highest BCUT2D eigenvalue weighted by Crippen LogP contribution is 2.33. The summed E-state index contributed by atoms with van der Waals surface area (Å²) in [6.45, 7) is 0. The summed E-state index contributed by atoms with van der Waals surface area (Å²) in [5.74, 6) is 1.04. The maximum atomic E-state index is 13.5. The van der Waals surface area contributed by atoms with Gasteiger partial charge < -0.3 is 10.3 Å². The number of fused-ring (bicyclic) bond motifs is 3. The Morgan fingerprint density at radius 1 is 1.29 bits per heavy atom. The second kappa shape index (κ2) is 8.45. The summed E-state index contributed by atoms with van der Waals surface area (Å²) in [7, 11) is 0. The van der Waals surface area contributed by atoms with Gasteiger partial charge in [0.15, 0.2) is 0 Å². The zero-order valence-electron chi connectivity index (χ0n) is 15.2. The van der Waals surface area contributed by atoms with Gasteiger partial charge in [0, 0.05) is 17.1 Å². The second-order valence-electron chi connectivity index (χ2n) is 6.73. The summed E-state index contributed by atoms with van der Waals surface area (Å²) in [5.41, 5.74) is 1.32. The van der Waals surface area contributed by atoms with Gasteiger partial charge in [0.1, 0.15) is 16.5 Å². The number of carbonyl (C=O) groups excluding carboxylic acids is 1. The Labute approximate surface area is 169 Å². The fourth-order valence-corrected chi connectivity index (χ4v) is 5.47. The molecule has 1 aliphatic carbocycles. The first-order chi connectivity index (χ1) is 13.6. The maximum absolute atomic E-state index is 13.5. The highest BCUT2D eigenvalue weighted by Gasteiger charge is 2.19. The van der Waals surface area contributed by atoms with E-state index in [9.17, 15) is 14.0 Å². The monoisotopic (exact) mass is 417 g/mol. The minimum Gasteiger partial charge on any atom is -0.324 e. The number of aryl methyl sites for hydroxylation is 2. The molecule has 28 heavy (non-hydrogen) atoms. The lowest BCUT2D eigenvalue weighted by Gasteiger charge is -2.09.